The van der Waals surface area contributed by atoms with Crippen molar-refractivity contribution in [2.75, 3.05) is 0 Å². The van der Waals surface area contributed by atoms with Crippen molar-refractivity contribution in [3.63, 3.8) is 0 Å². The molecule has 0 atom stereocenters. The molecule has 3 aromatic rings. The molecule has 3 rings (SSSR count). The molecule has 1 N–H and O–H groups in total. The van der Waals surface area contributed by atoms with Crippen LogP contribution in [-0.4, -0.2) is 5.11 Å². The molecule has 0 aliphatic carbocycles. The van der Waals surface area contributed by atoms with Gasteiger partial charge in [-0.05, 0) is 24.0 Å². The fourth-order valence-corrected chi connectivity index (χ4v) is 3.45. The predicted molar refractivity (Wildman–Crippen MR) is 108 cm³/mol. The molecule has 0 bridgehead atoms. The van der Waals surface area contributed by atoms with E-state index in [0.717, 1.165) is 18.4 Å². The zero-order chi connectivity index (χ0) is 26.1. The number of halogens is 9. The summed E-state index contributed by atoms with van der Waals surface area (Å²) in [5.41, 5.74) is -4.39. The van der Waals surface area contributed by atoms with Gasteiger partial charge in [0, 0.05) is 18.2 Å². The van der Waals surface area contributed by atoms with Crippen LogP contribution < -0.4 is 4.74 Å². The first kappa shape index (κ1) is 26.2. The van der Waals surface area contributed by atoms with E-state index in [4.69, 9.17) is 0 Å². The van der Waals surface area contributed by atoms with Crippen molar-refractivity contribution in [1.82, 2.24) is 0 Å². The van der Waals surface area contributed by atoms with Gasteiger partial charge >= 0.3 is 12.3 Å². The number of phenolic OH excluding ortho intramolecular Hbond substituents is 1. The topological polar surface area (TPSA) is 29.5 Å². The normalized spacial score (nSPS) is 12.2. The predicted octanol–water partition coefficient (Wildman–Crippen LogP) is 8.11. The van der Waals surface area contributed by atoms with Gasteiger partial charge in [0.15, 0.2) is 5.82 Å². The molecule has 0 fully saturated rings. The van der Waals surface area contributed by atoms with Crippen molar-refractivity contribution in [2.45, 2.75) is 38.5 Å². The van der Waals surface area contributed by atoms with Crippen LogP contribution >= 0.6 is 0 Å². The first-order chi connectivity index (χ1) is 16.3. The lowest BCUT2D eigenvalue weighted by atomic mass is 9.97. The number of aryl methyl sites for hydroxylation is 1. The molecule has 3 aromatic carbocycles. The maximum Gasteiger partial charge on any atom is 0.432 e. The van der Waals surface area contributed by atoms with Gasteiger partial charge in [0.25, 0.3) is 0 Å². The highest BCUT2D eigenvalue weighted by atomic mass is 19.4. The van der Waals surface area contributed by atoms with Gasteiger partial charge in [-0.25, -0.2) is 17.6 Å². The Morgan fingerprint density at radius 1 is 0.800 bits per heavy atom. The van der Waals surface area contributed by atoms with Crippen LogP contribution in [-0.2, 0) is 18.7 Å². The highest BCUT2D eigenvalue weighted by molar-refractivity contribution is 5.72. The molecule has 0 radical (unpaired) electrons. The molecule has 0 spiro atoms. The van der Waals surface area contributed by atoms with Gasteiger partial charge in [0.05, 0.1) is 5.56 Å². The third kappa shape index (κ3) is 5.49. The summed E-state index contributed by atoms with van der Waals surface area (Å²) in [7, 11) is 0. The summed E-state index contributed by atoms with van der Waals surface area (Å²) in [6, 6.07) is 5.60. The molecule has 0 amide bonds. The van der Waals surface area contributed by atoms with Crippen molar-refractivity contribution in [3.8, 4) is 22.6 Å². The number of phenols is 1. The molecule has 35 heavy (non-hydrogen) atoms. The third-order valence-corrected chi connectivity index (χ3v) is 5.10. The molecule has 2 nitrogen and oxygen atoms in total. The Morgan fingerprint density at radius 2 is 1.34 bits per heavy atom. The van der Waals surface area contributed by atoms with Crippen LogP contribution in [0.5, 0.6) is 11.5 Å². The lowest BCUT2D eigenvalue weighted by molar-refractivity contribution is -0.189. The number of benzene rings is 3. The van der Waals surface area contributed by atoms with E-state index in [9.17, 15) is 40.2 Å². The Kier molecular flexibility index (Phi) is 7.28. The Morgan fingerprint density at radius 3 is 1.86 bits per heavy atom. The smallest absolute Gasteiger partial charge is 0.432 e. The summed E-state index contributed by atoms with van der Waals surface area (Å²) in [6.45, 7) is 1.97. The van der Waals surface area contributed by atoms with Crippen LogP contribution in [0.15, 0.2) is 42.5 Å². The Labute approximate surface area is 193 Å². The van der Waals surface area contributed by atoms with Crippen LogP contribution in [0.1, 0.15) is 36.5 Å². The summed E-state index contributed by atoms with van der Waals surface area (Å²) in [5.74, 6) is -10.9. The van der Waals surface area contributed by atoms with E-state index in [1.54, 1.807) is 12.1 Å². The third-order valence-electron chi connectivity index (χ3n) is 5.10. The highest BCUT2D eigenvalue weighted by Gasteiger charge is 2.44. The fraction of sp³-hybridized carbons (Fsp3) is 0.250. The van der Waals surface area contributed by atoms with Crippen LogP contribution in [0, 0.1) is 23.3 Å². The lowest BCUT2D eigenvalue weighted by Gasteiger charge is -2.22. The van der Waals surface area contributed by atoms with E-state index < -0.39 is 63.7 Å². The van der Waals surface area contributed by atoms with Gasteiger partial charge in [-0.3, -0.25) is 0 Å². The van der Waals surface area contributed by atoms with Crippen LogP contribution in [0.3, 0.4) is 0 Å². The van der Waals surface area contributed by atoms with Crippen molar-refractivity contribution >= 4 is 0 Å². The van der Waals surface area contributed by atoms with Gasteiger partial charge in [-0.1, -0.05) is 37.6 Å². The van der Waals surface area contributed by atoms with Crippen molar-refractivity contribution in [1.29, 1.82) is 0 Å². The first-order valence-electron chi connectivity index (χ1n) is 10.2. The van der Waals surface area contributed by atoms with Crippen molar-refractivity contribution in [3.05, 3.63) is 82.4 Å². The molecule has 0 saturated heterocycles. The maximum atomic E-state index is 15.1. The number of aromatic hydroxyl groups is 1. The maximum absolute atomic E-state index is 15.1. The van der Waals surface area contributed by atoms with Crippen LogP contribution in [0.4, 0.5) is 39.5 Å². The second-order valence-corrected chi connectivity index (χ2v) is 7.62. The van der Waals surface area contributed by atoms with Gasteiger partial charge in [0.1, 0.15) is 40.1 Å². The Hall–Kier alpha value is -3.37. The van der Waals surface area contributed by atoms with Gasteiger partial charge in [-0.15, -0.1) is 0 Å². The number of unbranched alkanes of at least 4 members (excludes halogenated alkanes) is 1. The van der Waals surface area contributed by atoms with Gasteiger partial charge < -0.3 is 9.84 Å². The van der Waals surface area contributed by atoms with E-state index in [0.29, 0.717) is 6.42 Å². The molecule has 0 aromatic heterocycles. The zero-order valence-electron chi connectivity index (χ0n) is 17.9. The number of hydrogen-bond acceptors (Lipinski definition) is 2. The van der Waals surface area contributed by atoms with Gasteiger partial charge in [-0.2, -0.15) is 22.0 Å². The Balaban J connectivity index is 2.03. The minimum absolute atomic E-state index is 0.0797. The van der Waals surface area contributed by atoms with E-state index in [-0.39, 0.29) is 23.8 Å². The van der Waals surface area contributed by atoms with Crippen LogP contribution in [0.2, 0.25) is 0 Å². The monoisotopic (exact) mass is 508 g/mol. The standard InChI is InChI=1S/C24H17F9O2/c1-2-3-4-12-5-7-13(8-6-12)19-18(34)11-17(27)21(22(19)28)24(32,33)35-14-9-15(25)20(16(26)10-14)23(29,30)31/h5-11,34H,2-4H2,1H3. The summed E-state index contributed by atoms with van der Waals surface area (Å²) < 4.78 is 128. The first-order valence-corrected chi connectivity index (χ1v) is 10.2. The number of hydrogen-bond donors (Lipinski definition) is 1. The molecular weight excluding hydrogens is 491 g/mol. The molecule has 11 heteroatoms. The molecule has 0 saturated carbocycles. The quantitative estimate of drug-likeness (QED) is 0.327. The van der Waals surface area contributed by atoms with E-state index in [1.165, 1.54) is 12.1 Å². The van der Waals surface area contributed by atoms with Crippen molar-refractivity contribution in [2.24, 2.45) is 0 Å². The lowest BCUT2D eigenvalue weighted by Crippen LogP contribution is -2.26. The molecule has 0 unspecified atom stereocenters. The zero-order valence-corrected chi connectivity index (χ0v) is 17.9. The average molecular weight is 508 g/mol. The molecule has 0 aliphatic rings. The van der Waals surface area contributed by atoms with E-state index >= 15 is 4.39 Å². The fourth-order valence-electron chi connectivity index (χ4n) is 3.45. The second-order valence-electron chi connectivity index (χ2n) is 7.62. The van der Waals surface area contributed by atoms with Crippen molar-refractivity contribution < 1.29 is 49.4 Å². The van der Waals surface area contributed by atoms with Gasteiger partial charge in [0.2, 0.25) is 0 Å². The minimum Gasteiger partial charge on any atom is -0.507 e. The number of alkyl halides is 5. The summed E-state index contributed by atoms with van der Waals surface area (Å²) >= 11 is 0. The molecule has 0 aliphatic heterocycles. The summed E-state index contributed by atoms with van der Waals surface area (Å²) in [6.07, 6.45) is -7.96. The van der Waals surface area contributed by atoms with E-state index in [1.807, 2.05) is 6.92 Å². The SMILES string of the molecule is CCCCc1ccc(-c2c(O)cc(F)c(C(F)(F)Oc3cc(F)c(C(F)(F)F)c(F)c3)c2F)cc1. The number of rotatable bonds is 7. The summed E-state index contributed by atoms with van der Waals surface area (Å²) in [4.78, 5) is 0. The largest absolute Gasteiger partial charge is 0.507 e. The summed E-state index contributed by atoms with van der Waals surface area (Å²) in [5, 5.41) is 10.0. The highest BCUT2D eigenvalue weighted by Crippen LogP contribution is 2.43. The molecule has 188 valence electrons. The minimum atomic E-state index is -5.47. The van der Waals surface area contributed by atoms with Crippen LogP contribution in [0.25, 0.3) is 11.1 Å². The molecule has 0 heterocycles. The average Bonchev–Trinajstić information content (AvgIpc) is 2.70. The number of ether oxygens (including phenoxy) is 1. The molecular formula is C24H17F9O2. The second kappa shape index (κ2) is 9.71. The van der Waals surface area contributed by atoms with E-state index in [2.05, 4.69) is 4.74 Å². The Bertz CT molecular complexity index is 1200.